The lowest BCUT2D eigenvalue weighted by atomic mass is 10.1. The highest BCUT2D eigenvalue weighted by Gasteiger charge is 2.27. The highest BCUT2D eigenvalue weighted by Crippen LogP contribution is 2.13. The van der Waals surface area contributed by atoms with Crippen LogP contribution in [0.3, 0.4) is 0 Å². The number of carbonyl (C=O) groups excluding carboxylic acids is 1. The molecule has 4 N–H and O–H groups in total. The molecule has 0 radical (unpaired) electrons. The standard InChI is InChI=1S/C12H17N3O2/c13-10-3-1-9(2-4-10)7-15-5-6-17-8-11(15)12(14)16/h1-4,11H,5-8,13H2,(H2,14,16). The van der Waals surface area contributed by atoms with Gasteiger partial charge in [-0.25, -0.2) is 0 Å². The number of nitrogens with zero attached hydrogens (tertiary/aromatic N) is 1. The maximum atomic E-state index is 11.3. The van der Waals surface area contributed by atoms with Crippen molar-refractivity contribution in [1.29, 1.82) is 0 Å². The van der Waals surface area contributed by atoms with Gasteiger partial charge in [0.1, 0.15) is 6.04 Å². The third-order valence-corrected chi connectivity index (χ3v) is 2.93. The molecule has 0 aliphatic carbocycles. The van der Waals surface area contributed by atoms with Gasteiger partial charge in [-0.2, -0.15) is 0 Å². The van der Waals surface area contributed by atoms with E-state index in [-0.39, 0.29) is 11.9 Å². The molecule has 1 aliphatic heterocycles. The van der Waals surface area contributed by atoms with E-state index < -0.39 is 0 Å². The minimum Gasteiger partial charge on any atom is -0.399 e. The topological polar surface area (TPSA) is 81.6 Å². The van der Waals surface area contributed by atoms with Gasteiger partial charge in [-0.05, 0) is 17.7 Å². The van der Waals surface area contributed by atoms with Gasteiger partial charge in [0, 0.05) is 18.8 Å². The molecule has 1 unspecified atom stereocenters. The van der Waals surface area contributed by atoms with E-state index in [0.717, 1.165) is 17.8 Å². The van der Waals surface area contributed by atoms with Gasteiger partial charge >= 0.3 is 0 Å². The molecule has 1 aromatic rings. The van der Waals surface area contributed by atoms with E-state index in [4.69, 9.17) is 16.2 Å². The molecule has 1 aliphatic rings. The molecule has 2 rings (SSSR count). The van der Waals surface area contributed by atoms with E-state index in [0.29, 0.717) is 19.8 Å². The van der Waals surface area contributed by atoms with Crippen LogP contribution in [-0.4, -0.2) is 36.6 Å². The molecule has 0 aromatic heterocycles. The second-order valence-electron chi connectivity index (χ2n) is 4.21. The maximum absolute atomic E-state index is 11.3. The molecule has 1 aromatic carbocycles. The number of carbonyl (C=O) groups is 1. The number of benzene rings is 1. The van der Waals surface area contributed by atoms with E-state index in [1.165, 1.54) is 0 Å². The van der Waals surface area contributed by atoms with Crippen molar-refractivity contribution in [3.63, 3.8) is 0 Å². The van der Waals surface area contributed by atoms with Gasteiger partial charge < -0.3 is 16.2 Å². The highest BCUT2D eigenvalue weighted by atomic mass is 16.5. The third-order valence-electron chi connectivity index (χ3n) is 2.93. The van der Waals surface area contributed by atoms with Crippen molar-refractivity contribution >= 4 is 11.6 Å². The minimum atomic E-state index is -0.333. The van der Waals surface area contributed by atoms with Crippen molar-refractivity contribution in [1.82, 2.24) is 4.90 Å². The summed E-state index contributed by atoms with van der Waals surface area (Å²) in [5.74, 6) is -0.333. The number of hydrogen-bond donors (Lipinski definition) is 2. The quantitative estimate of drug-likeness (QED) is 0.720. The van der Waals surface area contributed by atoms with Crippen molar-refractivity contribution < 1.29 is 9.53 Å². The molecular formula is C12H17N3O2. The number of rotatable bonds is 3. The van der Waals surface area contributed by atoms with E-state index in [2.05, 4.69) is 0 Å². The van der Waals surface area contributed by atoms with E-state index in [1.54, 1.807) is 0 Å². The van der Waals surface area contributed by atoms with Crippen LogP contribution >= 0.6 is 0 Å². The molecule has 1 heterocycles. The summed E-state index contributed by atoms with van der Waals surface area (Å²) in [7, 11) is 0. The number of nitrogen functional groups attached to an aromatic ring is 1. The zero-order valence-corrected chi connectivity index (χ0v) is 9.63. The Labute approximate surface area is 100 Å². The lowest BCUT2D eigenvalue weighted by Crippen LogP contribution is -2.51. The fraction of sp³-hybridized carbons (Fsp3) is 0.417. The second-order valence-corrected chi connectivity index (χ2v) is 4.21. The molecule has 1 saturated heterocycles. The van der Waals surface area contributed by atoms with Gasteiger partial charge in [-0.15, -0.1) is 0 Å². The van der Waals surface area contributed by atoms with E-state index in [9.17, 15) is 4.79 Å². The summed E-state index contributed by atoms with van der Waals surface area (Å²) in [5.41, 5.74) is 12.8. The molecular weight excluding hydrogens is 218 g/mol. The molecule has 5 heteroatoms. The average molecular weight is 235 g/mol. The van der Waals surface area contributed by atoms with Gasteiger partial charge in [0.25, 0.3) is 0 Å². The summed E-state index contributed by atoms with van der Waals surface area (Å²) in [6, 6.07) is 7.30. The van der Waals surface area contributed by atoms with Crippen LogP contribution in [0.4, 0.5) is 5.69 Å². The number of primary amides is 1. The zero-order valence-electron chi connectivity index (χ0n) is 9.63. The smallest absolute Gasteiger partial charge is 0.237 e. The number of nitrogens with two attached hydrogens (primary N) is 2. The third kappa shape index (κ3) is 2.95. The summed E-state index contributed by atoms with van der Waals surface area (Å²) >= 11 is 0. The Bertz CT molecular complexity index is 391. The van der Waals surface area contributed by atoms with Gasteiger partial charge in [0.2, 0.25) is 5.91 Å². The largest absolute Gasteiger partial charge is 0.399 e. The average Bonchev–Trinajstić information content (AvgIpc) is 2.32. The summed E-state index contributed by atoms with van der Waals surface area (Å²) in [6.45, 7) is 2.43. The predicted molar refractivity (Wildman–Crippen MR) is 65.1 cm³/mol. The van der Waals surface area contributed by atoms with Crippen molar-refractivity contribution in [3.8, 4) is 0 Å². The molecule has 1 amide bonds. The van der Waals surface area contributed by atoms with Crippen LogP contribution in [0.5, 0.6) is 0 Å². The first-order valence-electron chi connectivity index (χ1n) is 5.62. The molecule has 0 saturated carbocycles. The Morgan fingerprint density at radius 1 is 1.41 bits per heavy atom. The SMILES string of the molecule is NC(=O)C1COCCN1Cc1ccc(N)cc1. The number of hydrogen-bond acceptors (Lipinski definition) is 4. The fourth-order valence-electron chi connectivity index (χ4n) is 1.95. The van der Waals surface area contributed by atoms with Crippen LogP contribution < -0.4 is 11.5 Å². The zero-order chi connectivity index (χ0) is 12.3. The second kappa shape index (κ2) is 5.16. The van der Waals surface area contributed by atoms with E-state index >= 15 is 0 Å². The fourth-order valence-corrected chi connectivity index (χ4v) is 1.95. The Kier molecular flexibility index (Phi) is 3.61. The Morgan fingerprint density at radius 2 is 2.12 bits per heavy atom. The van der Waals surface area contributed by atoms with Gasteiger partial charge in [0.15, 0.2) is 0 Å². The molecule has 92 valence electrons. The number of anilines is 1. The van der Waals surface area contributed by atoms with Gasteiger partial charge in [0.05, 0.1) is 13.2 Å². The summed E-state index contributed by atoms with van der Waals surface area (Å²) < 4.78 is 5.27. The minimum absolute atomic E-state index is 0.332. The van der Waals surface area contributed by atoms with Crippen LogP contribution in [0.25, 0.3) is 0 Å². The highest BCUT2D eigenvalue weighted by molar-refractivity contribution is 5.80. The van der Waals surface area contributed by atoms with Crippen LogP contribution in [0.2, 0.25) is 0 Å². The molecule has 17 heavy (non-hydrogen) atoms. The molecule has 0 spiro atoms. The van der Waals surface area contributed by atoms with Crippen LogP contribution in [0.15, 0.2) is 24.3 Å². The summed E-state index contributed by atoms with van der Waals surface area (Å²) in [5, 5.41) is 0. The van der Waals surface area contributed by atoms with Crippen molar-refractivity contribution in [2.45, 2.75) is 12.6 Å². The Morgan fingerprint density at radius 3 is 2.76 bits per heavy atom. The number of ether oxygens (including phenoxy) is 1. The molecule has 5 nitrogen and oxygen atoms in total. The lowest BCUT2D eigenvalue weighted by molar-refractivity contribution is -0.129. The van der Waals surface area contributed by atoms with Crippen molar-refractivity contribution in [2.24, 2.45) is 5.73 Å². The van der Waals surface area contributed by atoms with Crippen molar-refractivity contribution in [2.75, 3.05) is 25.5 Å². The van der Waals surface area contributed by atoms with Gasteiger partial charge in [-0.1, -0.05) is 12.1 Å². The number of amides is 1. The van der Waals surface area contributed by atoms with Crippen LogP contribution in [-0.2, 0) is 16.1 Å². The molecule has 1 atom stereocenters. The van der Waals surface area contributed by atoms with Crippen LogP contribution in [0.1, 0.15) is 5.56 Å². The normalized spacial score (nSPS) is 21.3. The first-order chi connectivity index (χ1) is 8.16. The number of morpholine rings is 1. The van der Waals surface area contributed by atoms with Crippen molar-refractivity contribution in [3.05, 3.63) is 29.8 Å². The monoisotopic (exact) mass is 235 g/mol. The first-order valence-corrected chi connectivity index (χ1v) is 5.62. The Hall–Kier alpha value is -1.59. The maximum Gasteiger partial charge on any atom is 0.237 e. The van der Waals surface area contributed by atoms with Gasteiger partial charge in [-0.3, -0.25) is 9.69 Å². The summed E-state index contributed by atoms with van der Waals surface area (Å²) in [4.78, 5) is 13.3. The van der Waals surface area contributed by atoms with Crippen LogP contribution in [0, 0.1) is 0 Å². The molecule has 1 fully saturated rings. The predicted octanol–water partition coefficient (Wildman–Crippen LogP) is -0.0451. The summed E-state index contributed by atoms with van der Waals surface area (Å²) in [6.07, 6.45) is 0. The first kappa shape index (κ1) is 11.9. The Balaban J connectivity index is 2.05. The van der Waals surface area contributed by atoms with E-state index in [1.807, 2.05) is 29.2 Å². The molecule has 0 bridgehead atoms. The lowest BCUT2D eigenvalue weighted by Gasteiger charge is -2.33.